The zero-order valence-corrected chi connectivity index (χ0v) is 25.6. The second-order valence-corrected chi connectivity index (χ2v) is 13.0. The van der Waals surface area contributed by atoms with Crippen LogP contribution in [-0.4, -0.2) is 14.5 Å². The van der Waals surface area contributed by atoms with Crippen molar-refractivity contribution in [2.45, 2.75) is 13.3 Å². The average molecular weight is 596 g/mol. The Balaban J connectivity index is 1.16. The fourth-order valence-electron chi connectivity index (χ4n) is 6.85. The van der Waals surface area contributed by atoms with Crippen molar-refractivity contribution in [3.05, 3.63) is 145 Å². The molecule has 5 aromatic carbocycles. The summed E-state index contributed by atoms with van der Waals surface area (Å²) in [5.74, 6) is 1.19. The Kier molecular flexibility index (Phi) is 6.03. The molecule has 0 N–H and O–H groups in total. The number of allylic oxidation sites excluding steroid dienone is 1. The second-order valence-electron chi connectivity index (χ2n) is 11.9. The zero-order valence-electron chi connectivity index (χ0n) is 24.8. The summed E-state index contributed by atoms with van der Waals surface area (Å²) in [6.45, 7) is 2.30. The Morgan fingerprint density at radius 3 is 2.29 bits per heavy atom. The van der Waals surface area contributed by atoms with Gasteiger partial charge in [0.1, 0.15) is 0 Å². The van der Waals surface area contributed by atoms with E-state index in [9.17, 15) is 0 Å². The molecule has 3 heterocycles. The first kappa shape index (κ1) is 26.1. The van der Waals surface area contributed by atoms with Gasteiger partial charge in [-0.1, -0.05) is 110 Å². The Morgan fingerprint density at radius 2 is 1.42 bits per heavy atom. The molecule has 1 aliphatic carbocycles. The summed E-state index contributed by atoms with van der Waals surface area (Å²) in [6, 6.07) is 43.3. The van der Waals surface area contributed by atoms with Gasteiger partial charge in [-0.2, -0.15) is 0 Å². The number of nitrogens with zero attached hydrogens (tertiary/aromatic N) is 3. The summed E-state index contributed by atoms with van der Waals surface area (Å²) in [6.07, 6.45) is 7.49. The first-order valence-corrected chi connectivity index (χ1v) is 16.3. The highest BCUT2D eigenvalue weighted by Gasteiger charge is 2.25. The van der Waals surface area contributed by atoms with Gasteiger partial charge in [-0.15, -0.1) is 11.3 Å². The topological polar surface area (TPSA) is 30.7 Å². The molecule has 4 heteroatoms. The number of aromatic nitrogens is 3. The molecule has 0 bridgehead atoms. The fraction of sp³-hybridized carbons (Fsp3) is 0.0732. The second kappa shape index (κ2) is 10.4. The molecule has 214 valence electrons. The maximum Gasteiger partial charge on any atom is 0.235 e. The highest BCUT2D eigenvalue weighted by atomic mass is 32.1. The van der Waals surface area contributed by atoms with E-state index in [0.29, 0.717) is 11.9 Å². The minimum atomic E-state index is 0.484. The van der Waals surface area contributed by atoms with Crippen LogP contribution in [0.25, 0.3) is 76.6 Å². The van der Waals surface area contributed by atoms with Gasteiger partial charge in [-0.05, 0) is 70.5 Å². The molecule has 1 atom stereocenters. The molecule has 0 saturated carbocycles. The maximum absolute atomic E-state index is 5.20. The molecule has 0 spiro atoms. The van der Waals surface area contributed by atoms with E-state index in [1.807, 2.05) is 23.6 Å². The lowest BCUT2D eigenvalue weighted by molar-refractivity contribution is 0.716. The van der Waals surface area contributed by atoms with Crippen LogP contribution < -0.4 is 0 Å². The van der Waals surface area contributed by atoms with E-state index in [4.69, 9.17) is 9.97 Å². The van der Waals surface area contributed by atoms with Crippen molar-refractivity contribution in [1.82, 2.24) is 14.5 Å². The van der Waals surface area contributed by atoms with Crippen molar-refractivity contribution in [3.63, 3.8) is 0 Å². The highest BCUT2D eigenvalue weighted by Crippen LogP contribution is 2.44. The minimum absolute atomic E-state index is 0.484. The predicted molar refractivity (Wildman–Crippen MR) is 190 cm³/mol. The van der Waals surface area contributed by atoms with Crippen LogP contribution in [0.3, 0.4) is 0 Å². The van der Waals surface area contributed by atoms with Gasteiger partial charge in [0.15, 0.2) is 0 Å². The molecule has 8 aromatic rings. The Morgan fingerprint density at radius 1 is 0.689 bits per heavy atom. The molecule has 3 nitrogen and oxygen atoms in total. The molecule has 1 aliphatic rings. The molecular formula is C41H29N3S. The van der Waals surface area contributed by atoms with Crippen molar-refractivity contribution in [1.29, 1.82) is 0 Å². The van der Waals surface area contributed by atoms with Gasteiger partial charge < -0.3 is 0 Å². The van der Waals surface area contributed by atoms with Gasteiger partial charge in [0.25, 0.3) is 0 Å². The smallest absolute Gasteiger partial charge is 0.235 e. The average Bonchev–Trinajstić information content (AvgIpc) is 3.64. The summed E-state index contributed by atoms with van der Waals surface area (Å²) in [5, 5.41) is 4.00. The van der Waals surface area contributed by atoms with Crippen LogP contribution in [0.15, 0.2) is 134 Å². The Hall–Kier alpha value is -5.32. The monoisotopic (exact) mass is 595 g/mol. The van der Waals surface area contributed by atoms with Crippen molar-refractivity contribution >= 4 is 48.5 Å². The molecule has 1 unspecified atom stereocenters. The zero-order chi connectivity index (χ0) is 29.9. The summed E-state index contributed by atoms with van der Waals surface area (Å²) in [4.78, 5) is 10.0. The van der Waals surface area contributed by atoms with Crippen molar-refractivity contribution in [2.75, 3.05) is 0 Å². The van der Waals surface area contributed by atoms with E-state index in [0.717, 1.165) is 17.7 Å². The number of hydrogen-bond donors (Lipinski definition) is 0. The summed E-state index contributed by atoms with van der Waals surface area (Å²) in [5.41, 5.74) is 10.5. The van der Waals surface area contributed by atoms with Gasteiger partial charge in [0.05, 0.1) is 16.9 Å². The normalized spacial score (nSPS) is 14.4. The van der Waals surface area contributed by atoms with Gasteiger partial charge in [-0.25, -0.2) is 9.97 Å². The van der Waals surface area contributed by atoms with Crippen LogP contribution in [0.4, 0.5) is 0 Å². The molecule has 0 aliphatic heterocycles. The summed E-state index contributed by atoms with van der Waals surface area (Å²) >= 11 is 1.89. The molecular weight excluding hydrogens is 567 g/mol. The van der Waals surface area contributed by atoms with E-state index in [1.54, 1.807) is 0 Å². The van der Waals surface area contributed by atoms with Gasteiger partial charge in [0, 0.05) is 37.3 Å². The Labute approximate surface area is 265 Å². The lowest BCUT2D eigenvalue weighted by Crippen LogP contribution is -2.08. The van der Waals surface area contributed by atoms with Crippen molar-refractivity contribution in [3.8, 4) is 39.5 Å². The number of hydrogen-bond acceptors (Lipinski definition) is 3. The van der Waals surface area contributed by atoms with Crippen LogP contribution in [0.2, 0.25) is 0 Å². The fourth-order valence-corrected chi connectivity index (χ4v) is 8.12. The van der Waals surface area contributed by atoms with Gasteiger partial charge in [-0.3, -0.25) is 4.57 Å². The molecule has 0 fully saturated rings. The first-order chi connectivity index (χ1) is 22.2. The lowest BCUT2D eigenvalue weighted by Gasteiger charge is -2.15. The third-order valence-corrected chi connectivity index (χ3v) is 10.3. The van der Waals surface area contributed by atoms with Crippen LogP contribution in [-0.2, 0) is 6.42 Å². The Bertz CT molecular complexity index is 2410. The van der Waals surface area contributed by atoms with Crippen LogP contribution in [0.5, 0.6) is 0 Å². The van der Waals surface area contributed by atoms with E-state index in [2.05, 4.69) is 139 Å². The minimum Gasteiger partial charge on any atom is -0.278 e. The molecule has 0 radical (unpaired) electrons. The van der Waals surface area contributed by atoms with Gasteiger partial charge in [0.2, 0.25) is 5.95 Å². The van der Waals surface area contributed by atoms with E-state index >= 15 is 0 Å². The molecule has 9 rings (SSSR count). The largest absolute Gasteiger partial charge is 0.278 e. The predicted octanol–water partition coefficient (Wildman–Crippen LogP) is 11.0. The summed E-state index contributed by atoms with van der Waals surface area (Å²) in [7, 11) is 0. The van der Waals surface area contributed by atoms with Gasteiger partial charge >= 0.3 is 0 Å². The molecule has 0 saturated heterocycles. The van der Waals surface area contributed by atoms with Crippen molar-refractivity contribution in [2.24, 2.45) is 5.92 Å². The molecule has 3 aromatic heterocycles. The number of fused-ring (bicyclic) bond motifs is 7. The summed E-state index contributed by atoms with van der Waals surface area (Å²) < 4.78 is 4.95. The third kappa shape index (κ3) is 4.33. The highest BCUT2D eigenvalue weighted by molar-refractivity contribution is 7.26. The molecule has 0 amide bonds. The van der Waals surface area contributed by atoms with Crippen LogP contribution in [0.1, 0.15) is 18.2 Å². The van der Waals surface area contributed by atoms with Crippen LogP contribution >= 0.6 is 11.3 Å². The standard InChI is InChI=1S/C41H29N3S/c1-26-14-20-36-34(24-26)39-37(21-19-33-32-12-5-6-13-38(32)45-40(33)39)44(36)41-42-23-22-35(43-41)31-11-7-10-30(25-31)29-17-15-28(16-18-29)27-8-3-2-4-9-27/h2-23,25-26H,24H2,1H3. The van der Waals surface area contributed by atoms with E-state index in [1.165, 1.54) is 64.6 Å². The van der Waals surface area contributed by atoms with Crippen molar-refractivity contribution < 1.29 is 0 Å². The first-order valence-electron chi connectivity index (χ1n) is 15.5. The maximum atomic E-state index is 5.20. The molecule has 45 heavy (non-hydrogen) atoms. The third-order valence-electron chi connectivity index (χ3n) is 9.05. The lowest BCUT2D eigenvalue weighted by atomic mass is 9.93. The SMILES string of the molecule is CC1C=Cc2c(c3c4sc5ccccc5c4ccc3n2-c2nccc(-c3cccc(-c4ccc(-c5ccccc5)cc4)c3)n2)C1. The number of rotatable bonds is 4. The quantitative estimate of drug-likeness (QED) is 0.203. The number of thiophene rings is 1. The van der Waals surface area contributed by atoms with E-state index in [-0.39, 0.29) is 0 Å². The number of benzene rings is 5. The van der Waals surface area contributed by atoms with E-state index < -0.39 is 0 Å². The van der Waals surface area contributed by atoms with Crippen LogP contribution in [0, 0.1) is 5.92 Å².